The van der Waals surface area contributed by atoms with Gasteiger partial charge in [-0.1, -0.05) is 0 Å². The van der Waals surface area contributed by atoms with Crippen molar-refractivity contribution in [3.05, 3.63) is 23.7 Å². The van der Waals surface area contributed by atoms with E-state index < -0.39 is 18.1 Å². The summed E-state index contributed by atoms with van der Waals surface area (Å²) in [5, 5.41) is 18.8. The molecule has 0 aliphatic carbocycles. The number of nitrogen functional groups attached to an aromatic ring is 1. The van der Waals surface area contributed by atoms with E-state index in [9.17, 15) is 15.0 Å². The van der Waals surface area contributed by atoms with Crippen LogP contribution in [-0.2, 0) is 6.54 Å². The molecule has 1 saturated heterocycles. The molecule has 2 unspecified atom stereocenters. The average Bonchev–Trinajstić information content (AvgIpc) is 2.86. The molecule has 2 heterocycles. The monoisotopic (exact) mass is 241 g/mol. The fourth-order valence-electron chi connectivity index (χ4n) is 1.92. The quantitative estimate of drug-likeness (QED) is 0.289. The van der Waals surface area contributed by atoms with Gasteiger partial charge in [-0.3, -0.25) is 15.1 Å². The predicted octanol–water partition coefficient (Wildman–Crippen LogP) is -1.58. The van der Waals surface area contributed by atoms with E-state index in [0.717, 1.165) is 0 Å². The van der Waals surface area contributed by atoms with Crippen molar-refractivity contribution in [3.8, 4) is 0 Å². The number of aliphatic hydroxyl groups is 2. The lowest BCUT2D eigenvalue weighted by molar-refractivity contribution is 0.0572. The minimum atomic E-state index is -0.753. The first-order valence-electron chi connectivity index (χ1n) is 5.27. The summed E-state index contributed by atoms with van der Waals surface area (Å²) in [4.78, 5) is 13.2. The van der Waals surface area contributed by atoms with Gasteiger partial charge in [0.2, 0.25) is 0 Å². The highest BCUT2D eigenvalue weighted by molar-refractivity contribution is 5.94. The molecule has 0 saturated carbocycles. The number of likely N-dealkylation sites (tertiary alicyclic amines) is 1. The van der Waals surface area contributed by atoms with Crippen LogP contribution < -0.4 is 11.3 Å². The molecule has 0 aromatic carbocycles. The van der Waals surface area contributed by atoms with Crippen LogP contribution in [0.15, 0.2) is 16.7 Å². The second kappa shape index (κ2) is 4.84. The molecule has 0 spiro atoms. The third-order valence-electron chi connectivity index (χ3n) is 2.82. The number of amides is 1. The first-order chi connectivity index (χ1) is 8.11. The molecule has 1 aromatic rings. The van der Waals surface area contributed by atoms with Gasteiger partial charge in [0, 0.05) is 13.1 Å². The first-order valence-corrected chi connectivity index (χ1v) is 5.27. The van der Waals surface area contributed by atoms with Crippen molar-refractivity contribution < 1.29 is 19.4 Å². The maximum atomic E-state index is 11.4. The van der Waals surface area contributed by atoms with E-state index in [1.807, 2.05) is 10.3 Å². The van der Waals surface area contributed by atoms with E-state index in [-0.39, 0.29) is 0 Å². The van der Waals surface area contributed by atoms with Crippen LogP contribution in [0.4, 0.5) is 0 Å². The molecule has 1 fully saturated rings. The Hall–Kier alpha value is -1.41. The first kappa shape index (κ1) is 12.1. The smallest absolute Gasteiger partial charge is 0.268 e. The topological polar surface area (TPSA) is 112 Å². The summed E-state index contributed by atoms with van der Waals surface area (Å²) in [7, 11) is 0. The van der Waals surface area contributed by atoms with E-state index in [4.69, 9.17) is 10.3 Å². The molecule has 0 radical (unpaired) electrons. The number of β-amino-alcohol motifs (C(OH)–C–C–N with tert-alkyl or cyclic N) is 2. The van der Waals surface area contributed by atoms with Gasteiger partial charge < -0.3 is 14.6 Å². The Morgan fingerprint density at radius 3 is 2.76 bits per heavy atom. The van der Waals surface area contributed by atoms with Crippen LogP contribution in [0.1, 0.15) is 16.1 Å². The number of nitrogens with two attached hydrogens (primary N) is 1. The van der Waals surface area contributed by atoms with E-state index in [2.05, 4.69) is 0 Å². The number of rotatable bonds is 3. The Morgan fingerprint density at radius 1 is 1.53 bits per heavy atom. The molecular weight excluding hydrogens is 226 g/mol. The van der Waals surface area contributed by atoms with Crippen molar-refractivity contribution in [1.82, 2.24) is 10.3 Å². The summed E-state index contributed by atoms with van der Waals surface area (Å²) in [5.74, 6) is 5.09. The van der Waals surface area contributed by atoms with Gasteiger partial charge in [0.05, 0.1) is 30.6 Å². The number of furan rings is 1. The summed E-state index contributed by atoms with van der Waals surface area (Å²) in [6.07, 6.45) is -0.100. The highest BCUT2D eigenvalue weighted by Gasteiger charge is 2.30. The number of carbonyl (C=O) groups is 1. The van der Waals surface area contributed by atoms with Crippen molar-refractivity contribution in [1.29, 1.82) is 0 Å². The van der Waals surface area contributed by atoms with Crippen LogP contribution in [0.25, 0.3) is 0 Å². The van der Waals surface area contributed by atoms with Gasteiger partial charge in [0.15, 0.2) is 0 Å². The maximum Gasteiger partial charge on any atom is 0.268 e. The van der Waals surface area contributed by atoms with Crippen molar-refractivity contribution in [2.24, 2.45) is 5.84 Å². The van der Waals surface area contributed by atoms with E-state index in [1.54, 1.807) is 0 Å². The highest BCUT2D eigenvalue weighted by atomic mass is 16.3. The number of aliphatic hydroxyl groups excluding tert-OH is 2. The predicted molar refractivity (Wildman–Crippen MR) is 57.7 cm³/mol. The molecule has 5 N–H and O–H groups in total. The van der Waals surface area contributed by atoms with Crippen molar-refractivity contribution in [2.45, 2.75) is 18.8 Å². The lowest BCUT2D eigenvalue weighted by Crippen LogP contribution is -2.31. The van der Waals surface area contributed by atoms with Gasteiger partial charge in [-0.25, -0.2) is 5.84 Å². The molecule has 1 aliphatic heterocycles. The van der Waals surface area contributed by atoms with Gasteiger partial charge in [0.25, 0.3) is 5.91 Å². The highest BCUT2D eigenvalue weighted by Crippen LogP contribution is 2.17. The van der Waals surface area contributed by atoms with E-state index in [0.29, 0.717) is 31.0 Å². The fourth-order valence-corrected chi connectivity index (χ4v) is 1.92. The number of carbonyl (C=O) groups excluding carboxylic acids is 1. The fraction of sp³-hybridized carbons (Fsp3) is 0.500. The van der Waals surface area contributed by atoms with Crippen LogP contribution >= 0.6 is 0 Å². The zero-order valence-electron chi connectivity index (χ0n) is 9.17. The SMILES string of the molecule is NNC(=O)c1ccoc1CN1CC(O)C(O)C1. The molecular formula is C10H15N3O4. The molecule has 0 bridgehead atoms. The zero-order valence-corrected chi connectivity index (χ0v) is 9.17. The zero-order chi connectivity index (χ0) is 12.4. The maximum absolute atomic E-state index is 11.4. The molecule has 17 heavy (non-hydrogen) atoms. The summed E-state index contributed by atoms with van der Waals surface area (Å²) in [5.41, 5.74) is 2.40. The number of nitrogens with one attached hydrogen (secondary N) is 1. The van der Waals surface area contributed by atoms with E-state index in [1.165, 1.54) is 12.3 Å². The Kier molecular flexibility index (Phi) is 3.43. The molecule has 1 amide bonds. The van der Waals surface area contributed by atoms with Gasteiger partial charge >= 0.3 is 0 Å². The summed E-state index contributed by atoms with van der Waals surface area (Å²) >= 11 is 0. The van der Waals surface area contributed by atoms with Crippen LogP contribution in [0.2, 0.25) is 0 Å². The van der Waals surface area contributed by atoms with Crippen molar-refractivity contribution >= 4 is 5.91 Å². The third-order valence-corrected chi connectivity index (χ3v) is 2.82. The van der Waals surface area contributed by atoms with Gasteiger partial charge in [0.1, 0.15) is 5.76 Å². The van der Waals surface area contributed by atoms with Crippen molar-refractivity contribution in [3.63, 3.8) is 0 Å². The average molecular weight is 241 g/mol. The second-order valence-electron chi connectivity index (χ2n) is 4.06. The van der Waals surface area contributed by atoms with Crippen LogP contribution in [0.3, 0.4) is 0 Å². The second-order valence-corrected chi connectivity index (χ2v) is 4.06. The number of nitrogens with zero attached hydrogens (tertiary/aromatic N) is 1. The Labute approximate surface area is 97.8 Å². The molecule has 1 aromatic heterocycles. The van der Waals surface area contributed by atoms with Crippen LogP contribution in [0, 0.1) is 0 Å². The molecule has 2 atom stereocenters. The van der Waals surface area contributed by atoms with Gasteiger partial charge in [-0.2, -0.15) is 0 Å². The summed E-state index contributed by atoms with van der Waals surface area (Å²) in [6, 6.07) is 1.53. The van der Waals surface area contributed by atoms with Gasteiger partial charge in [-0.05, 0) is 6.07 Å². The molecule has 7 nitrogen and oxygen atoms in total. The third kappa shape index (κ3) is 2.47. The standard InChI is InChI=1S/C10H15N3O4/c11-12-10(16)6-1-2-17-9(6)5-13-3-7(14)8(15)4-13/h1-2,7-8,14-15H,3-5,11H2,(H,12,16). The molecule has 1 aliphatic rings. The van der Waals surface area contributed by atoms with Crippen molar-refractivity contribution in [2.75, 3.05) is 13.1 Å². The minimum absolute atomic E-state index is 0.351. The minimum Gasteiger partial charge on any atom is -0.467 e. The molecule has 7 heteroatoms. The summed E-state index contributed by atoms with van der Waals surface area (Å²) < 4.78 is 5.20. The normalized spacial score (nSPS) is 25.1. The lowest BCUT2D eigenvalue weighted by Gasteiger charge is -2.13. The van der Waals surface area contributed by atoms with Crippen LogP contribution in [0.5, 0.6) is 0 Å². The summed E-state index contributed by atoms with van der Waals surface area (Å²) in [6.45, 7) is 1.06. The largest absolute Gasteiger partial charge is 0.467 e. The van der Waals surface area contributed by atoms with Gasteiger partial charge in [-0.15, -0.1) is 0 Å². The number of hydrogen-bond donors (Lipinski definition) is 4. The number of hydrogen-bond acceptors (Lipinski definition) is 6. The molecule has 94 valence electrons. The Morgan fingerprint density at radius 2 is 2.18 bits per heavy atom. The van der Waals surface area contributed by atoms with Crippen LogP contribution in [-0.4, -0.2) is 46.3 Å². The number of hydrazine groups is 1. The molecule has 2 rings (SSSR count). The Bertz CT molecular complexity index is 396. The van der Waals surface area contributed by atoms with E-state index >= 15 is 0 Å². The lowest BCUT2D eigenvalue weighted by atomic mass is 10.2. The Balaban J connectivity index is 2.04.